The van der Waals surface area contributed by atoms with E-state index in [1.807, 2.05) is 44.7 Å². The predicted octanol–water partition coefficient (Wildman–Crippen LogP) is 2.42. The Morgan fingerprint density at radius 2 is 1.61 bits per heavy atom. The molecule has 1 aromatic carbocycles. The maximum Gasteiger partial charge on any atom is 0.243 e. The number of amides is 2. The van der Waals surface area contributed by atoms with E-state index < -0.39 is 15.4 Å². The molecule has 1 atom stereocenters. The summed E-state index contributed by atoms with van der Waals surface area (Å²) in [4.78, 5) is 29.7. The molecule has 1 aromatic rings. The third kappa shape index (κ3) is 5.12. The number of aryl methyl sites for hydroxylation is 2. The van der Waals surface area contributed by atoms with Crippen molar-refractivity contribution in [3.63, 3.8) is 0 Å². The van der Waals surface area contributed by atoms with Gasteiger partial charge in [-0.1, -0.05) is 32.9 Å². The van der Waals surface area contributed by atoms with Gasteiger partial charge in [0.15, 0.2) is 0 Å². The zero-order chi connectivity index (χ0) is 23.0. The van der Waals surface area contributed by atoms with E-state index in [0.717, 1.165) is 24.0 Å². The lowest BCUT2D eigenvalue weighted by Gasteiger charge is -2.40. The molecule has 2 saturated heterocycles. The number of benzene rings is 1. The second-order valence-electron chi connectivity index (χ2n) is 9.84. The largest absolute Gasteiger partial charge is 0.341 e. The van der Waals surface area contributed by atoms with Gasteiger partial charge in [-0.25, -0.2) is 8.42 Å². The van der Waals surface area contributed by atoms with Gasteiger partial charge in [0.05, 0.1) is 10.8 Å². The van der Waals surface area contributed by atoms with Crippen LogP contribution in [0.2, 0.25) is 0 Å². The van der Waals surface area contributed by atoms with Gasteiger partial charge < -0.3 is 9.80 Å². The van der Waals surface area contributed by atoms with Crippen LogP contribution in [-0.4, -0.2) is 73.6 Å². The fourth-order valence-electron chi connectivity index (χ4n) is 4.37. The van der Waals surface area contributed by atoms with Crippen LogP contribution in [0, 0.1) is 25.2 Å². The second kappa shape index (κ2) is 8.90. The summed E-state index contributed by atoms with van der Waals surface area (Å²) in [6, 6.07) is 5.45. The molecule has 2 aliphatic rings. The smallest absolute Gasteiger partial charge is 0.243 e. The lowest BCUT2D eigenvalue weighted by Crippen LogP contribution is -2.54. The quantitative estimate of drug-likeness (QED) is 0.710. The Balaban J connectivity index is 1.63. The van der Waals surface area contributed by atoms with Crippen LogP contribution in [0.1, 0.15) is 44.7 Å². The first-order valence-corrected chi connectivity index (χ1v) is 12.5. The number of piperazine rings is 1. The molecule has 0 N–H and O–H groups in total. The molecule has 1 unspecified atom stereocenters. The van der Waals surface area contributed by atoms with Gasteiger partial charge in [-0.3, -0.25) is 9.59 Å². The summed E-state index contributed by atoms with van der Waals surface area (Å²) in [5.74, 6) is -0.0909. The molecular formula is C23H35N3O4S. The van der Waals surface area contributed by atoms with Gasteiger partial charge in [0.2, 0.25) is 21.8 Å². The van der Waals surface area contributed by atoms with E-state index in [-0.39, 0.29) is 17.7 Å². The van der Waals surface area contributed by atoms with Gasteiger partial charge in [-0.15, -0.1) is 0 Å². The average Bonchev–Trinajstić information content (AvgIpc) is 2.73. The van der Waals surface area contributed by atoms with E-state index in [1.165, 1.54) is 4.31 Å². The lowest BCUT2D eigenvalue weighted by atomic mass is 9.90. The average molecular weight is 450 g/mol. The van der Waals surface area contributed by atoms with Gasteiger partial charge in [0, 0.05) is 44.7 Å². The first kappa shape index (κ1) is 23.7. The number of hydrogen-bond donors (Lipinski definition) is 0. The van der Waals surface area contributed by atoms with Crippen molar-refractivity contribution < 1.29 is 18.0 Å². The van der Waals surface area contributed by atoms with Crippen molar-refractivity contribution in [3.8, 4) is 0 Å². The molecule has 3 rings (SSSR count). The van der Waals surface area contributed by atoms with Crippen LogP contribution in [0.5, 0.6) is 0 Å². The molecule has 0 aromatic heterocycles. The molecule has 2 aliphatic heterocycles. The number of nitrogens with zero attached hydrogens (tertiary/aromatic N) is 3. The predicted molar refractivity (Wildman–Crippen MR) is 120 cm³/mol. The third-order valence-electron chi connectivity index (χ3n) is 6.21. The molecule has 0 spiro atoms. The zero-order valence-electron chi connectivity index (χ0n) is 19.3. The van der Waals surface area contributed by atoms with Crippen molar-refractivity contribution in [1.82, 2.24) is 14.1 Å². The van der Waals surface area contributed by atoms with E-state index in [0.29, 0.717) is 44.2 Å². The van der Waals surface area contributed by atoms with Crippen LogP contribution in [0.25, 0.3) is 0 Å². The monoisotopic (exact) mass is 449 g/mol. The van der Waals surface area contributed by atoms with Gasteiger partial charge in [0.1, 0.15) is 0 Å². The summed E-state index contributed by atoms with van der Waals surface area (Å²) >= 11 is 0. The molecule has 0 bridgehead atoms. The van der Waals surface area contributed by atoms with Crippen molar-refractivity contribution in [2.24, 2.45) is 11.3 Å². The maximum absolute atomic E-state index is 13.1. The van der Waals surface area contributed by atoms with Crippen LogP contribution < -0.4 is 0 Å². The Hall–Kier alpha value is -1.93. The van der Waals surface area contributed by atoms with Crippen LogP contribution in [0.15, 0.2) is 23.1 Å². The van der Waals surface area contributed by atoms with E-state index in [4.69, 9.17) is 0 Å². The molecule has 0 saturated carbocycles. The molecule has 0 aliphatic carbocycles. The van der Waals surface area contributed by atoms with E-state index in [2.05, 4.69) is 0 Å². The summed E-state index contributed by atoms with van der Waals surface area (Å²) in [6.07, 6.45) is 1.59. The molecular weight excluding hydrogens is 414 g/mol. The normalized spacial score (nSPS) is 21.3. The molecule has 8 heteroatoms. The highest BCUT2D eigenvalue weighted by Crippen LogP contribution is 2.26. The summed E-state index contributed by atoms with van der Waals surface area (Å²) < 4.78 is 27.7. The minimum Gasteiger partial charge on any atom is -0.341 e. The zero-order valence-corrected chi connectivity index (χ0v) is 20.2. The van der Waals surface area contributed by atoms with Crippen LogP contribution >= 0.6 is 0 Å². The van der Waals surface area contributed by atoms with Crippen molar-refractivity contribution >= 4 is 21.8 Å². The van der Waals surface area contributed by atoms with E-state index >= 15 is 0 Å². The van der Waals surface area contributed by atoms with Crippen molar-refractivity contribution in [3.05, 3.63) is 29.3 Å². The topological polar surface area (TPSA) is 78.0 Å². The molecule has 2 heterocycles. The maximum atomic E-state index is 13.1. The fourth-order valence-corrected chi connectivity index (χ4v) is 6.10. The molecule has 2 fully saturated rings. The van der Waals surface area contributed by atoms with Crippen LogP contribution in [-0.2, 0) is 19.6 Å². The number of rotatable bonds is 3. The molecule has 172 valence electrons. The van der Waals surface area contributed by atoms with Gasteiger partial charge >= 0.3 is 0 Å². The summed E-state index contributed by atoms with van der Waals surface area (Å²) in [6.45, 7) is 11.9. The van der Waals surface area contributed by atoms with Crippen molar-refractivity contribution in [2.75, 3.05) is 39.3 Å². The molecule has 0 radical (unpaired) electrons. The van der Waals surface area contributed by atoms with E-state index in [1.54, 1.807) is 17.9 Å². The minimum absolute atomic E-state index is 0.0372. The van der Waals surface area contributed by atoms with Gasteiger partial charge in [0.25, 0.3) is 0 Å². The highest BCUT2D eigenvalue weighted by molar-refractivity contribution is 7.89. The highest BCUT2D eigenvalue weighted by Gasteiger charge is 2.37. The molecule has 2 amide bonds. The van der Waals surface area contributed by atoms with E-state index in [9.17, 15) is 18.0 Å². The number of piperidine rings is 1. The Labute approximate surface area is 186 Å². The minimum atomic E-state index is -3.58. The second-order valence-corrected chi connectivity index (χ2v) is 11.7. The molecule has 31 heavy (non-hydrogen) atoms. The lowest BCUT2D eigenvalue weighted by molar-refractivity contribution is -0.145. The first-order valence-electron chi connectivity index (χ1n) is 11.1. The molecule has 7 nitrogen and oxygen atoms in total. The summed E-state index contributed by atoms with van der Waals surface area (Å²) in [5, 5.41) is 0. The number of likely N-dealkylation sites (tertiary alicyclic amines) is 1. The van der Waals surface area contributed by atoms with Crippen LogP contribution in [0.4, 0.5) is 0 Å². The number of sulfonamides is 1. The summed E-state index contributed by atoms with van der Waals surface area (Å²) in [5.41, 5.74) is 1.18. The first-order chi connectivity index (χ1) is 14.4. The Kier molecular flexibility index (Phi) is 6.81. The Morgan fingerprint density at radius 3 is 2.23 bits per heavy atom. The van der Waals surface area contributed by atoms with Crippen molar-refractivity contribution in [2.45, 2.75) is 52.4 Å². The SMILES string of the molecule is Cc1ccc(C)c(S(=O)(=O)N2CCN(C(=O)C3CCCN(C(=O)C(C)(C)C)C3)CC2)c1. The summed E-state index contributed by atoms with van der Waals surface area (Å²) in [7, 11) is -3.58. The number of hydrogen-bond acceptors (Lipinski definition) is 4. The highest BCUT2D eigenvalue weighted by atomic mass is 32.2. The Bertz CT molecular complexity index is 944. The van der Waals surface area contributed by atoms with Crippen LogP contribution in [0.3, 0.4) is 0 Å². The third-order valence-corrected chi connectivity index (χ3v) is 8.25. The van der Waals surface area contributed by atoms with Gasteiger partial charge in [-0.05, 0) is 43.9 Å². The van der Waals surface area contributed by atoms with Gasteiger partial charge in [-0.2, -0.15) is 4.31 Å². The van der Waals surface area contributed by atoms with Crippen molar-refractivity contribution in [1.29, 1.82) is 0 Å². The fraction of sp³-hybridized carbons (Fsp3) is 0.652. The Morgan fingerprint density at radius 1 is 0.968 bits per heavy atom. The number of carbonyl (C=O) groups is 2. The standard InChI is InChI=1S/C23H35N3O4S/c1-17-8-9-18(2)20(15-17)31(29,30)26-13-11-24(12-14-26)21(27)19-7-6-10-25(16-19)22(28)23(3,4)5/h8-9,15,19H,6-7,10-14,16H2,1-5H3. The number of carbonyl (C=O) groups excluding carboxylic acids is 2.